The van der Waals surface area contributed by atoms with Crippen LogP contribution in [0.15, 0.2) is 17.3 Å². The Balaban J connectivity index is 2.01. The summed E-state index contributed by atoms with van der Waals surface area (Å²) < 4.78 is 25.6. The summed E-state index contributed by atoms with van der Waals surface area (Å²) in [6.07, 6.45) is 3.64. The van der Waals surface area contributed by atoms with Gasteiger partial charge in [0.2, 0.25) is 0 Å². The fraction of sp³-hybridized carbons (Fsp3) is 0.700. The molecule has 2 N–H and O–H groups in total. The van der Waals surface area contributed by atoms with E-state index in [0.29, 0.717) is 12.5 Å². The molecule has 1 fully saturated rings. The number of hydrogen-bond acceptors (Lipinski definition) is 4. The Hall–Kier alpha value is -0.920. The van der Waals surface area contributed by atoms with Crippen LogP contribution in [0.1, 0.15) is 12.8 Å². The molecule has 0 aliphatic carbocycles. The van der Waals surface area contributed by atoms with E-state index >= 15 is 0 Å². The predicted molar refractivity (Wildman–Crippen MR) is 64.0 cm³/mol. The molecule has 1 aliphatic rings. The number of sulfonamides is 1. The quantitative estimate of drug-likeness (QED) is 0.798. The minimum absolute atomic E-state index is 0.156. The van der Waals surface area contributed by atoms with Crippen molar-refractivity contribution in [2.45, 2.75) is 17.9 Å². The molecule has 0 saturated carbocycles. The van der Waals surface area contributed by atoms with Crippen LogP contribution in [0.2, 0.25) is 0 Å². The van der Waals surface area contributed by atoms with Gasteiger partial charge < -0.3 is 5.32 Å². The number of hydrogen-bond donors (Lipinski definition) is 2. The van der Waals surface area contributed by atoms with Gasteiger partial charge in [0, 0.05) is 13.6 Å². The van der Waals surface area contributed by atoms with Crippen molar-refractivity contribution in [2.24, 2.45) is 5.92 Å². The fourth-order valence-corrected chi connectivity index (χ4v) is 3.24. The van der Waals surface area contributed by atoms with Crippen molar-refractivity contribution in [2.75, 3.05) is 26.7 Å². The number of piperidine rings is 1. The number of aromatic nitrogens is 2. The molecular weight excluding hydrogens is 240 g/mol. The highest BCUT2D eigenvalue weighted by Crippen LogP contribution is 2.16. The summed E-state index contributed by atoms with van der Waals surface area (Å²) in [6.45, 7) is 2.48. The summed E-state index contributed by atoms with van der Waals surface area (Å²) in [5, 5.41) is 9.62. The first kappa shape index (κ1) is 12.5. The Morgan fingerprint density at radius 3 is 3.00 bits per heavy atom. The monoisotopic (exact) mass is 258 g/mol. The smallest absolute Gasteiger partial charge is 0.259 e. The normalized spacial score (nSPS) is 21.9. The number of aromatic amines is 1. The van der Waals surface area contributed by atoms with E-state index in [1.807, 2.05) is 0 Å². The maximum atomic E-state index is 12.1. The molecule has 2 heterocycles. The molecule has 6 nitrogen and oxygen atoms in total. The van der Waals surface area contributed by atoms with Crippen LogP contribution < -0.4 is 5.32 Å². The van der Waals surface area contributed by atoms with Gasteiger partial charge in [0.05, 0.1) is 6.20 Å². The summed E-state index contributed by atoms with van der Waals surface area (Å²) in [5.74, 6) is 0.395. The average Bonchev–Trinajstić information content (AvgIpc) is 2.84. The van der Waals surface area contributed by atoms with Gasteiger partial charge in [0.15, 0.2) is 5.03 Å². The van der Waals surface area contributed by atoms with Gasteiger partial charge in [-0.2, -0.15) is 9.40 Å². The fourth-order valence-electron chi connectivity index (χ4n) is 2.10. The molecular formula is C10H18N4O2S. The highest BCUT2D eigenvalue weighted by Gasteiger charge is 2.25. The maximum absolute atomic E-state index is 12.1. The molecule has 1 aliphatic heterocycles. The van der Waals surface area contributed by atoms with Gasteiger partial charge in [0.25, 0.3) is 10.0 Å². The highest BCUT2D eigenvalue weighted by molar-refractivity contribution is 7.89. The molecule has 1 aromatic rings. The third kappa shape index (κ3) is 2.85. The summed E-state index contributed by atoms with van der Waals surface area (Å²) in [6, 6.07) is 1.48. The van der Waals surface area contributed by atoms with Gasteiger partial charge in [-0.3, -0.25) is 5.10 Å². The van der Waals surface area contributed by atoms with E-state index in [4.69, 9.17) is 0 Å². The molecule has 0 radical (unpaired) electrons. The number of nitrogens with zero attached hydrogens (tertiary/aromatic N) is 2. The average molecular weight is 258 g/mol. The van der Waals surface area contributed by atoms with Gasteiger partial charge in [-0.15, -0.1) is 0 Å². The molecule has 2 rings (SSSR count). The van der Waals surface area contributed by atoms with E-state index in [1.165, 1.54) is 16.6 Å². The lowest BCUT2D eigenvalue weighted by Crippen LogP contribution is -2.39. The van der Waals surface area contributed by atoms with Crippen LogP contribution in [0.25, 0.3) is 0 Å². The molecule has 17 heavy (non-hydrogen) atoms. The molecule has 1 aromatic heterocycles. The number of rotatable bonds is 4. The topological polar surface area (TPSA) is 78.1 Å². The number of nitrogens with one attached hydrogen (secondary N) is 2. The van der Waals surface area contributed by atoms with Crippen molar-refractivity contribution in [1.82, 2.24) is 19.8 Å². The summed E-state index contributed by atoms with van der Waals surface area (Å²) in [4.78, 5) is 0. The Morgan fingerprint density at radius 2 is 2.41 bits per heavy atom. The van der Waals surface area contributed by atoms with Crippen molar-refractivity contribution in [3.05, 3.63) is 12.3 Å². The van der Waals surface area contributed by atoms with Crippen molar-refractivity contribution in [3.8, 4) is 0 Å². The van der Waals surface area contributed by atoms with E-state index in [1.54, 1.807) is 7.05 Å². The van der Waals surface area contributed by atoms with Gasteiger partial charge in [-0.05, 0) is 37.9 Å². The second-order valence-corrected chi connectivity index (χ2v) is 6.43. The Morgan fingerprint density at radius 1 is 1.59 bits per heavy atom. The van der Waals surface area contributed by atoms with E-state index < -0.39 is 10.0 Å². The summed E-state index contributed by atoms with van der Waals surface area (Å²) >= 11 is 0. The third-order valence-corrected chi connectivity index (χ3v) is 4.83. The van der Waals surface area contributed by atoms with Crippen molar-refractivity contribution in [3.63, 3.8) is 0 Å². The standard InChI is InChI=1S/C10H18N4O2S/c1-14(8-9-3-2-5-11-7-9)17(15,16)10-4-6-12-13-10/h4,6,9,11H,2-3,5,7-8H2,1H3,(H,12,13). The molecule has 1 atom stereocenters. The van der Waals surface area contributed by atoms with Crippen LogP contribution >= 0.6 is 0 Å². The van der Waals surface area contributed by atoms with Crippen LogP contribution in [-0.2, 0) is 10.0 Å². The second-order valence-electron chi connectivity index (χ2n) is 4.42. The Labute approximate surface area is 101 Å². The predicted octanol–water partition coefficient (Wildman–Crippen LogP) is 0.0298. The lowest BCUT2D eigenvalue weighted by atomic mass is 10.00. The maximum Gasteiger partial charge on any atom is 0.259 e. The van der Waals surface area contributed by atoms with E-state index in [2.05, 4.69) is 15.5 Å². The SMILES string of the molecule is CN(CC1CCCNC1)S(=O)(=O)c1ccn[nH]1. The van der Waals surface area contributed by atoms with E-state index in [-0.39, 0.29) is 5.03 Å². The van der Waals surface area contributed by atoms with Crippen LogP contribution in [0.3, 0.4) is 0 Å². The molecule has 96 valence electrons. The van der Waals surface area contributed by atoms with Crippen LogP contribution in [0, 0.1) is 5.92 Å². The molecule has 0 bridgehead atoms. The largest absolute Gasteiger partial charge is 0.316 e. The third-order valence-electron chi connectivity index (χ3n) is 3.08. The molecule has 0 aromatic carbocycles. The number of H-pyrrole nitrogens is 1. The van der Waals surface area contributed by atoms with E-state index in [0.717, 1.165) is 25.9 Å². The summed E-state index contributed by atoms with van der Waals surface area (Å²) in [5.41, 5.74) is 0. The van der Waals surface area contributed by atoms with Crippen LogP contribution in [0.5, 0.6) is 0 Å². The van der Waals surface area contributed by atoms with Gasteiger partial charge in [-0.25, -0.2) is 8.42 Å². The molecule has 0 amide bonds. The first-order chi connectivity index (χ1) is 8.10. The van der Waals surface area contributed by atoms with Crippen molar-refractivity contribution >= 4 is 10.0 Å². The Kier molecular flexibility index (Phi) is 3.80. The van der Waals surface area contributed by atoms with Gasteiger partial charge >= 0.3 is 0 Å². The zero-order valence-corrected chi connectivity index (χ0v) is 10.7. The van der Waals surface area contributed by atoms with Crippen LogP contribution in [-0.4, -0.2) is 49.6 Å². The van der Waals surface area contributed by atoms with E-state index in [9.17, 15) is 8.42 Å². The molecule has 0 spiro atoms. The van der Waals surface area contributed by atoms with Crippen molar-refractivity contribution < 1.29 is 8.42 Å². The molecule has 7 heteroatoms. The zero-order valence-electron chi connectivity index (χ0n) is 9.89. The van der Waals surface area contributed by atoms with Gasteiger partial charge in [0.1, 0.15) is 0 Å². The second kappa shape index (κ2) is 5.16. The lowest BCUT2D eigenvalue weighted by Gasteiger charge is -2.26. The van der Waals surface area contributed by atoms with Crippen molar-refractivity contribution in [1.29, 1.82) is 0 Å². The molecule has 1 saturated heterocycles. The minimum Gasteiger partial charge on any atom is -0.316 e. The van der Waals surface area contributed by atoms with Gasteiger partial charge in [-0.1, -0.05) is 0 Å². The molecule has 1 unspecified atom stereocenters. The first-order valence-corrected chi connectivity index (χ1v) is 7.21. The highest BCUT2D eigenvalue weighted by atomic mass is 32.2. The zero-order chi connectivity index (χ0) is 12.3. The minimum atomic E-state index is -3.41. The first-order valence-electron chi connectivity index (χ1n) is 5.77. The summed E-state index contributed by atoms with van der Waals surface area (Å²) in [7, 11) is -1.79. The van der Waals surface area contributed by atoms with Crippen LogP contribution in [0.4, 0.5) is 0 Å². The lowest BCUT2D eigenvalue weighted by molar-refractivity contribution is 0.314. The Bertz CT molecular complexity index is 437.